The Morgan fingerprint density at radius 2 is 1.79 bits per heavy atom. The molecule has 2 aromatic heterocycles. The molecule has 0 saturated heterocycles. The van der Waals surface area contributed by atoms with E-state index in [1.165, 1.54) is 0 Å². The SMILES string of the molecule is CCN(CC)CCOC(=O)c1ccc(Nc2ncnc3scc(-c4ccc(Br)cc4)c23)cc1. The number of benzene rings is 2. The first-order chi connectivity index (χ1) is 16.1. The van der Waals surface area contributed by atoms with Crippen LogP contribution in [0.25, 0.3) is 21.3 Å². The average molecular weight is 525 g/mol. The number of ether oxygens (including phenoxy) is 1. The van der Waals surface area contributed by atoms with Crippen LogP contribution in [0.1, 0.15) is 24.2 Å². The third kappa shape index (κ3) is 5.58. The van der Waals surface area contributed by atoms with Crippen LogP contribution in [0.4, 0.5) is 11.5 Å². The lowest BCUT2D eigenvalue weighted by molar-refractivity contribution is 0.0466. The van der Waals surface area contributed by atoms with Gasteiger partial charge in [0, 0.05) is 27.6 Å². The van der Waals surface area contributed by atoms with Crippen molar-refractivity contribution in [2.45, 2.75) is 13.8 Å². The van der Waals surface area contributed by atoms with Gasteiger partial charge in [-0.05, 0) is 55.1 Å². The molecule has 0 aliphatic rings. The molecule has 0 aliphatic heterocycles. The maximum Gasteiger partial charge on any atom is 0.338 e. The molecule has 33 heavy (non-hydrogen) atoms. The minimum atomic E-state index is -0.312. The van der Waals surface area contributed by atoms with Crippen LogP contribution in [-0.4, -0.2) is 47.1 Å². The number of nitrogens with zero attached hydrogens (tertiary/aromatic N) is 3. The number of rotatable bonds is 9. The third-order valence-electron chi connectivity index (χ3n) is 5.44. The summed E-state index contributed by atoms with van der Waals surface area (Å²) < 4.78 is 6.45. The van der Waals surface area contributed by atoms with Crippen LogP contribution in [0.5, 0.6) is 0 Å². The Bertz CT molecular complexity index is 1220. The van der Waals surface area contributed by atoms with E-state index < -0.39 is 0 Å². The number of anilines is 2. The van der Waals surface area contributed by atoms with E-state index in [1.54, 1.807) is 29.8 Å². The molecule has 0 amide bonds. The van der Waals surface area contributed by atoms with Gasteiger partial charge in [0.2, 0.25) is 0 Å². The van der Waals surface area contributed by atoms with E-state index in [4.69, 9.17) is 4.74 Å². The van der Waals surface area contributed by atoms with Crippen molar-refractivity contribution >= 4 is 55.0 Å². The summed E-state index contributed by atoms with van der Waals surface area (Å²) in [5, 5.41) is 6.46. The number of esters is 1. The molecule has 0 fully saturated rings. The second-order valence-electron chi connectivity index (χ2n) is 7.42. The van der Waals surface area contributed by atoms with Gasteiger partial charge in [0.05, 0.1) is 10.9 Å². The fourth-order valence-electron chi connectivity index (χ4n) is 3.53. The molecule has 6 nitrogen and oxygen atoms in total. The molecule has 0 atom stereocenters. The number of nitrogens with one attached hydrogen (secondary N) is 1. The minimum absolute atomic E-state index is 0.312. The monoisotopic (exact) mass is 524 g/mol. The highest BCUT2D eigenvalue weighted by Gasteiger charge is 2.14. The predicted octanol–water partition coefficient (Wildman–Crippen LogP) is 6.36. The Morgan fingerprint density at radius 1 is 1.06 bits per heavy atom. The summed E-state index contributed by atoms with van der Waals surface area (Å²) >= 11 is 5.08. The van der Waals surface area contributed by atoms with Crippen LogP contribution in [-0.2, 0) is 4.74 Å². The fraction of sp³-hybridized carbons (Fsp3) is 0.240. The van der Waals surface area contributed by atoms with Crippen LogP contribution in [0.3, 0.4) is 0 Å². The molecule has 0 saturated carbocycles. The number of likely N-dealkylation sites (N-methyl/N-ethyl adjacent to an activating group) is 1. The first-order valence-electron chi connectivity index (χ1n) is 10.8. The van der Waals surface area contributed by atoms with E-state index in [0.29, 0.717) is 12.2 Å². The molecule has 0 bridgehead atoms. The number of carbonyl (C=O) groups excluding carboxylic acids is 1. The number of carbonyl (C=O) groups is 1. The number of hydrogen-bond acceptors (Lipinski definition) is 7. The van der Waals surface area contributed by atoms with Crippen molar-refractivity contribution in [3.63, 3.8) is 0 Å². The normalized spacial score (nSPS) is 11.2. The summed E-state index contributed by atoms with van der Waals surface area (Å²) in [5.41, 5.74) is 3.55. The van der Waals surface area contributed by atoms with E-state index in [9.17, 15) is 4.79 Å². The van der Waals surface area contributed by atoms with Crippen molar-refractivity contribution in [1.82, 2.24) is 14.9 Å². The van der Waals surface area contributed by atoms with Gasteiger partial charge in [0.25, 0.3) is 0 Å². The second kappa shape index (κ2) is 10.9. The molecule has 2 heterocycles. The lowest BCUT2D eigenvalue weighted by atomic mass is 10.1. The molecule has 0 spiro atoms. The van der Waals surface area contributed by atoms with Crippen molar-refractivity contribution in [2.24, 2.45) is 0 Å². The van der Waals surface area contributed by atoms with E-state index in [2.05, 4.69) is 67.5 Å². The number of fused-ring (bicyclic) bond motifs is 1. The number of thiophene rings is 1. The molecule has 4 rings (SSSR count). The largest absolute Gasteiger partial charge is 0.461 e. The van der Waals surface area contributed by atoms with Crippen LogP contribution in [0, 0.1) is 0 Å². The summed E-state index contributed by atoms with van der Waals surface area (Å²) in [6.45, 7) is 7.21. The minimum Gasteiger partial charge on any atom is -0.461 e. The molecule has 2 aromatic carbocycles. The van der Waals surface area contributed by atoms with Gasteiger partial charge in [0.1, 0.15) is 23.6 Å². The lowest BCUT2D eigenvalue weighted by Crippen LogP contribution is -2.27. The molecular formula is C25H25BrN4O2S. The fourth-order valence-corrected chi connectivity index (χ4v) is 4.71. The van der Waals surface area contributed by atoms with Crippen LogP contribution in [0.2, 0.25) is 0 Å². The maximum absolute atomic E-state index is 12.4. The maximum atomic E-state index is 12.4. The zero-order valence-corrected chi connectivity index (χ0v) is 20.9. The Hall–Kier alpha value is -2.81. The second-order valence-corrected chi connectivity index (χ2v) is 9.20. The van der Waals surface area contributed by atoms with Crippen molar-refractivity contribution in [3.8, 4) is 11.1 Å². The molecule has 8 heteroatoms. The Morgan fingerprint density at radius 3 is 2.48 bits per heavy atom. The van der Waals surface area contributed by atoms with Crippen molar-refractivity contribution in [1.29, 1.82) is 0 Å². The predicted molar refractivity (Wildman–Crippen MR) is 138 cm³/mol. The highest BCUT2D eigenvalue weighted by molar-refractivity contribution is 9.10. The highest BCUT2D eigenvalue weighted by atomic mass is 79.9. The summed E-state index contributed by atoms with van der Waals surface area (Å²) in [7, 11) is 0. The van der Waals surface area contributed by atoms with E-state index >= 15 is 0 Å². The zero-order valence-electron chi connectivity index (χ0n) is 18.5. The topological polar surface area (TPSA) is 67.3 Å². The molecule has 0 radical (unpaired) electrons. The zero-order chi connectivity index (χ0) is 23.2. The van der Waals surface area contributed by atoms with Crippen LogP contribution < -0.4 is 5.32 Å². The summed E-state index contributed by atoms with van der Waals surface area (Å²) in [6.07, 6.45) is 1.56. The third-order valence-corrected chi connectivity index (χ3v) is 6.86. The smallest absolute Gasteiger partial charge is 0.338 e. The lowest BCUT2D eigenvalue weighted by Gasteiger charge is -2.17. The first-order valence-corrected chi connectivity index (χ1v) is 12.5. The summed E-state index contributed by atoms with van der Waals surface area (Å²) in [4.78, 5) is 24.4. The van der Waals surface area contributed by atoms with Gasteiger partial charge >= 0.3 is 5.97 Å². The molecule has 170 valence electrons. The van der Waals surface area contributed by atoms with Gasteiger partial charge in [-0.1, -0.05) is 41.9 Å². The van der Waals surface area contributed by atoms with Gasteiger partial charge in [0.15, 0.2) is 0 Å². The van der Waals surface area contributed by atoms with Crippen LogP contribution in [0.15, 0.2) is 64.7 Å². The molecule has 1 N–H and O–H groups in total. The number of hydrogen-bond donors (Lipinski definition) is 1. The van der Waals surface area contributed by atoms with Gasteiger partial charge in [-0.2, -0.15) is 0 Å². The van der Waals surface area contributed by atoms with Crippen molar-refractivity contribution in [3.05, 3.63) is 70.3 Å². The first kappa shape index (κ1) is 23.4. The Labute approximate surface area is 205 Å². The van der Waals surface area contributed by atoms with Gasteiger partial charge in [-0.3, -0.25) is 0 Å². The molecule has 4 aromatic rings. The van der Waals surface area contributed by atoms with Crippen LogP contribution >= 0.6 is 27.3 Å². The van der Waals surface area contributed by atoms with Gasteiger partial charge < -0.3 is 15.0 Å². The number of halogens is 1. The Balaban J connectivity index is 1.49. The standard InChI is InChI=1S/C25H25BrN4O2S/c1-3-30(4-2)13-14-32-25(31)18-7-11-20(12-8-18)29-23-22-21(15-33-24(22)28-16-27-23)17-5-9-19(26)10-6-17/h5-12,15-16H,3-4,13-14H2,1-2H3,(H,27,28,29). The van der Waals surface area contributed by atoms with E-state index in [1.807, 2.05) is 24.3 Å². The molecule has 0 unspecified atom stereocenters. The summed E-state index contributed by atoms with van der Waals surface area (Å²) in [5.74, 6) is 0.419. The Kier molecular flexibility index (Phi) is 7.69. The highest BCUT2D eigenvalue weighted by Crippen LogP contribution is 2.37. The summed E-state index contributed by atoms with van der Waals surface area (Å²) in [6, 6.07) is 15.5. The van der Waals surface area contributed by atoms with Crippen molar-refractivity contribution < 1.29 is 9.53 Å². The average Bonchev–Trinajstić information content (AvgIpc) is 3.28. The quantitative estimate of drug-likeness (QED) is 0.257. The van der Waals surface area contributed by atoms with Crippen molar-refractivity contribution in [2.75, 3.05) is 31.6 Å². The van der Waals surface area contributed by atoms with E-state index in [-0.39, 0.29) is 5.97 Å². The molecular weight excluding hydrogens is 500 g/mol. The van der Waals surface area contributed by atoms with Gasteiger partial charge in [-0.25, -0.2) is 14.8 Å². The number of aromatic nitrogens is 2. The van der Waals surface area contributed by atoms with E-state index in [0.717, 1.165) is 57.0 Å². The molecule has 0 aliphatic carbocycles. The van der Waals surface area contributed by atoms with Gasteiger partial charge in [-0.15, -0.1) is 11.3 Å².